The zero-order valence-electron chi connectivity index (χ0n) is 13.7. The van der Waals surface area contributed by atoms with Gasteiger partial charge in [-0.1, -0.05) is 11.6 Å². The Morgan fingerprint density at radius 2 is 2.00 bits per heavy atom. The molecule has 0 unspecified atom stereocenters. The molecule has 1 aromatic heterocycles. The molecule has 1 aliphatic heterocycles. The molecule has 2 aliphatic rings. The van der Waals surface area contributed by atoms with E-state index < -0.39 is 0 Å². The van der Waals surface area contributed by atoms with Gasteiger partial charge in [0.25, 0.3) is 5.91 Å². The maximum absolute atomic E-state index is 12.6. The summed E-state index contributed by atoms with van der Waals surface area (Å²) in [6, 6.07) is 8.45. The van der Waals surface area contributed by atoms with Gasteiger partial charge in [0.05, 0.1) is 0 Å². The number of likely N-dealkylation sites (tertiary alicyclic amines) is 1. The summed E-state index contributed by atoms with van der Waals surface area (Å²) in [6.07, 6.45) is 4.85. The standard InChI is InChI=1S/C19H24N2O2/c1-13-2-5-17-15(10-13)11-18(23-17)19(22)21-8-6-16(7-9-21)20-12-14-3-4-14/h2,5,10-11,14,16,20H,3-4,6-9,12H2,1H3. The summed E-state index contributed by atoms with van der Waals surface area (Å²) in [5.41, 5.74) is 1.97. The van der Waals surface area contributed by atoms with Crippen LogP contribution in [0.5, 0.6) is 0 Å². The van der Waals surface area contributed by atoms with E-state index in [1.54, 1.807) is 0 Å². The van der Waals surface area contributed by atoms with E-state index >= 15 is 0 Å². The van der Waals surface area contributed by atoms with Gasteiger partial charge in [0.1, 0.15) is 5.58 Å². The van der Waals surface area contributed by atoms with Crippen molar-refractivity contribution in [1.82, 2.24) is 10.2 Å². The summed E-state index contributed by atoms with van der Waals surface area (Å²) in [5.74, 6) is 1.41. The minimum Gasteiger partial charge on any atom is -0.451 e. The third kappa shape index (κ3) is 3.27. The quantitative estimate of drug-likeness (QED) is 0.942. The summed E-state index contributed by atoms with van der Waals surface area (Å²) in [7, 11) is 0. The Morgan fingerprint density at radius 3 is 2.74 bits per heavy atom. The van der Waals surface area contributed by atoms with Gasteiger partial charge in [-0.2, -0.15) is 0 Å². The Kier molecular flexibility index (Phi) is 3.85. The van der Waals surface area contributed by atoms with Crippen molar-refractivity contribution in [2.45, 2.75) is 38.6 Å². The largest absolute Gasteiger partial charge is 0.451 e. The number of aryl methyl sites for hydroxylation is 1. The van der Waals surface area contributed by atoms with E-state index in [0.29, 0.717) is 11.8 Å². The average molecular weight is 312 g/mol. The number of nitrogens with zero attached hydrogens (tertiary/aromatic N) is 1. The Bertz CT molecular complexity index is 709. The van der Waals surface area contributed by atoms with Crippen LogP contribution in [0.1, 0.15) is 41.8 Å². The minimum atomic E-state index is 0.0273. The molecular formula is C19H24N2O2. The van der Waals surface area contributed by atoms with E-state index in [-0.39, 0.29) is 5.91 Å². The number of carbonyl (C=O) groups excluding carboxylic acids is 1. The summed E-state index contributed by atoms with van der Waals surface area (Å²) in [5, 5.41) is 4.66. The van der Waals surface area contributed by atoms with E-state index in [0.717, 1.165) is 49.4 Å². The molecule has 23 heavy (non-hydrogen) atoms. The van der Waals surface area contributed by atoms with Gasteiger partial charge in [-0.15, -0.1) is 0 Å². The number of nitrogens with one attached hydrogen (secondary N) is 1. The second kappa shape index (κ2) is 6.00. The van der Waals surface area contributed by atoms with Crippen LogP contribution in [0.25, 0.3) is 11.0 Å². The molecular weight excluding hydrogens is 288 g/mol. The van der Waals surface area contributed by atoms with Gasteiger partial charge in [0, 0.05) is 24.5 Å². The number of fused-ring (bicyclic) bond motifs is 1. The first-order valence-electron chi connectivity index (χ1n) is 8.72. The number of carbonyl (C=O) groups is 1. The van der Waals surface area contributed by atoms with Crippen molar-refractivity contribution in [1.29, 1.82) is 0 Å². The minimum absolute atomic E-state index is 0.0273. The molecule has 1 aliphatic carbocycles. The van der Waals surface area contributed by atoms with E-state index in [2.05, 4.69) is 11.4 Å². The molecule has 1 aromatic carbocycles. The first-order valence-corrected chi connectivity index (χ1v) is 8.72. The predicted octanol–water partition coefficient (Wildman–Crippen LogP) is 3.35. The Morgan fingerprint density at radius 1 is 1.22 bits per heavy atom. The fraction of sp³-hybridized carbons (Fsp3) is 0.526. The van der Waals surface area contributed by atoms with Crippen molar-refractivity contribution >= 4 is 16.9 Å². The molecule has 2 aromatic rings. The van der Waals surface area contributed by atoms with Gasteiger partial charge < -0.3 is 14.6 Å². The van der Waals surface area contributed by atoms with Crippen molar-refractivity contribution in [3.8, 4) is 0 Å². The van der Waals surface area contributed by atoms with Crippen LogP contribution < -0.4 is 5.32 Å². The molecule has 1 N–H and O–H groups in total. The van der Waals surface area contributed by atoms with Gasteiger partial charge in [-0.25, -0.2) is 0 Å². The topological polar surface area (TPSA) is 45.5 Å². The zero-order chi connectivity index (χ0) is 15.8. The van der Waals surface area contributed by atoms with Crippen molar-refractivity contribution in [3.63, 3.8) is 0 Å². The molecule has 1 amide bonds. The van der Waals surface area contributed by atoms with Gasteiger partial charge in [0.15, 0.2) is 5.76 Å². The van der Waals surface area contributed by atoms with Gasteiger partial charge in [-0.05, 0) is 63.3 Å². The average Bonchev–Trinajstić information content (AvgIpc) is 3.30. The highest BCUT2D eigenvalue weighted by Crippen LogP contribution is 2.28. The molecule has 2 heterocycles. The zero-order valence-corrected chi connectivity index (χ0v) is 13.7. The molecule has 2 fully saturated rings. The number of piperidine rings is 1. The highest BCUT2D eigenvalue weighted by molar-refractivity contribution is 5.96. The lowest BCUT2D eigenvalue weighted by Crippen LogP contribution is -2.45. The van der Waals surface area contributed by atoms with E-state index in [9.17, 15) is 4.79 Å². The lowest BCUT2D eigenvalue weighted by atomic mass is 10.0. The lowest BCUT2D eigenvalue weighted by Gasteiger charge is -2.32. The van der Waals surface area contributed by atoms with Crippen LogP contribution in [0.15, 0.2) is 28.7 Å². The first kappa shape index (κ1) is 14.8. The molecule has 1 saturated carbocycles. The summed E-state index contributed by atoms with van der Waals surface area (Å²) >= 11 is 0. The fourth-order valence-corrected chi connectivity index (χ4v) is 3.37. The first-order chi connectivity index (χ1) is 11.2. The van der Waals surface area contributed by atoms with Crippen LogP contribution in [-0.2, 0) is 0 Å². The van der Waals surface area contributed by atoms with Gasteiger partial charge in [-0.3, -0.25) is 4.79 Å². The van der Waals surface area contributed by atoms with Crippen molar-refractivity contribution in [2.24, 2.45) is 5.92 Å². The highest BCUT2D eigenvalue weighted by Gasteiger charge is 2.27. The molecule has 122 valence electrons. The molecule has 0 bridgehead atoms. The monoisotopic (exact) mass is 312 g/mol. The van der Waals surface area contributed by atoms with E-state index in [1.807, 2.05) is 30.0 Å². The van der Waals surface area contributed by atoms with Crippen molar-refractivity contribution in [2.75, 3.05) is 19.6 Å². The van der Waals surface area contributed by atoms with Crippen LogP contribution in [0, 0.1) is 12.8 Å². The van der Waals surface area contributed by atoms with E-state index in [1.165, 1.54) is 18.4 Å². The van der Waals surface area contributed by atoms with Gasteiger partial charge >= 0.3 is 0 Å². The lowest BCUT2D eigenvalue weighted by molar-refractivity contribution is 0.0675. The second-order valence-corrected chi connectivity index (χ2v) is 7.07. The van der Waals surface area contributed by atoms with Crippen LogP contribution in [-0.4, -0.2) is 36.5 Å². The number of hydrogen-bond donors (Lipinski definition) is 1. The van der Waals surface area contributed by atoms with Gasteiger partial charge in [0.2, 0.25) is 0 Å². The van der Waals surface area contributed by atoms with Crippen LogP contribution in [0.4, 0.5) is 0 Å². The van der Waals surface area contributed by atoms with Crippen LogP contribution in [0.2, 0.25) is 0 Å². The molecule has 0 spiro atoms. The van der Waals surface area contributed by atoms with Crippen molar-refractivity contribution in [3.05, 3.63) is 35.6 Å². The number of hydrogen-bond acceptors (Lipinski definition) is 3. The molecule has 1 saturated heterocycles. The third-order valence-electron chi connectivity index (χ3n) is 5.06. The molecule has 0 radical (unpaired) electrons. The summed E-state index contributed by atoms with van der Waals surface area (Å²) in [6.45, 7) is 4.84. The van der Waals surface area contributed by atoms with Crippen LogP contribution >= 0.6 is 0 Å². The maximum atomic E-state index is 12.6. The number of rotatable bonds is 4. The smallest absolute Gasteiger partial charge is 0.289 e. The van der Waals surface area contributed by atoms with E-state index in [4.69, 9.17) is 4.42 Å². The Hall–Kier alpha value is -1.81. The third-order valence-corrected chi connectivity index (χ3v) is 5.06. The normalized spacial score (nSPS) is 19.4. The Labute approximate surface area is 136 Å². The van der Waals surface area contributed by atoms with Crippen molar-refractivity contribution < 1.29 is 9.21 Å². The fourth-order valence-electron chi connectivity index (χ4n) is 3.37. The highest BCUT2D eigenvalue weighted by atomic mass is 16.3. The molecule has 4 nitrogen and oxygen atoms in total. The molecule has 0 atom stereocenters. The SMILES string of the molecule is Cc1ccc2oc(C(=O)N3CCC(NCC4CC4)CC3)cc2c1. The molecule has 4 rings (SSSR count). The second-order valence-electron chi connectivity index (χ2n) is 7.07. The number of amides is 1. The Balaban J connectivity index is 1.38. The molecule has 4 heteroatoms. The summed E-state index contributed by atoms with van der Waals surface area (Å²) in [4.78, 5) is 14.6. The van der Waals surface area contributed by atoms with Crippen LogP contribution in [0.3, 0.4) is 0 Å². The maximum Gasteiger partial charge on any atom is 0.289 e. The predicted molar refractivity (Wildman–Crippen MR) is 90.6 cm³/mol. The summed E-state index contributed by atoms with van der Waals surface area (Å²) < 4.78 is 5.75. The number of furan rings is 1. The number of benzene rings is 1.